The molecule has 0 heterocycles. The van der Waals surface area contributed by atoms with Crippen molar-refractivity contribution in [1.29, 1.82) is 0 Å². The molecular formula is C26H42Sn. The van der Waals surface area contributed by atoms with E-state index in [0.717, 1.165) is 6.42 Å². The molecule has 1 aromatic rings. The average molecular weight is 473 g/mol. The van der Waals surface area contributed by atoms with E-state index in [1.807, 2.05) is 0 Å². The van der Waals surface area contributed by atoms with Crippen LogP contribution in [0.2, 0.25) is 13.3 Å². The Morgan fingerprint density at radius 3 is 1.78 bits per heavy atom. The second-order valence-electron chi connectivity index (χ2n) is 7.94. The first-order chi connectivity index (χ1) is 13.2. The van der Waals surface area contributed by atoms with Gasteiger partial charge in [-0.15, -0.1) is 0 Å². The molecule has 0 N–H and O–H groups in total. The molecular weight excluding hydrogens is 431 g/mol. The summed E-state index contributed by atoms with van der Waals surface area (Å²) < 4.78 is 6.22. The first-order valence-electron chi connectivity index (χ1n) is 11.5. The second-order valence-corrected chi connectivity index (χ2v) is 21.1. The number of unbranched alkanes of at least 4 members (excludes halogenated alkanes) is 5. The van der Waals surface area contributed by atoms with Crippen LogP contribution in [0.3, 0.4) is 0 Å². The fourth-order valence-electron chi connectivity index (χ4n) is 3.95. The summed E-state index contributed by atoms with van der Waals surface area (Å²) in [5, 5.41) is 0. The van der Waals surface area contributed by atoms with Crippen LogP contribution in [-0.4, -0.2) is 18.4 Å². The molecule has 0 unspecified atom stereocenters. The van der Waals surface area contributed by atoms with Crippen molar-refractivity contribution in [2.75, 3.05) is 0 Å². The van der Waals surface area contributed by atoms with Crippen LogP contribution in [0.25, 0.3) is 3.59 Å². The molecule has 1 heteroatoms. The molecule has 0 saturated carbocycles. The fraction of sp³-hybridized carbons (Fsp3) is 0.615. The van der Waals surface area contributed by atoms with Crippen LogP contribution in [0.1, 0.15) is 91.0 Å². The van der Waals surface area contributed by atoms with Gasteiger partial charge in [0, 0.05) is 0 Å². The van der Waals surface area contributed by atoms with Gasteiger partial charge in [-0.2, -0.15) is 0 Å². The van der Waals surface area contributed by atoms with Gasteiger partial charge in [-0.1, -0.05) is 0 Å². The van der Waals surface area contributed by atoms with Crippen LogP contribution in [0.4, 0.5) is 0 Å². The molecule has 0 aromatic heterocycles. The van der Waals surface area contributed by atoms with Gasteiger partial charge < -0.3 is 0 Å². The van der Waals surface area contributed by atoms with Crippen LogP contribution in [-0.2, 0) is 0 Å². The van der Waals surface area contributed by atoms with Crippen LogP contribution < -0.4 is 0 Å². The summed E-state index contributed by atoms with van der Waals surface area (Å²) in [5.41, 5.74) is 1.47. The maximum atomic E-state index is 3.49. The van der Waals surface area contributed by atoms with Crippen molar-refractivity contribution in [3.05, 3.63) is 42.0 Å². The molecule has 0 bridgehead atoms. The molecule has 0 saturated heterocycles. The van der Waals surface area contributed by atoms with E-state index >= 15 is 0 Å². The van der Waals surface area contributed by atoms with Gasteiger partial charge in [0.1, 0.15) is 0 Å². The first-order valence-corrected chi connectivity index (χ1v) is 19.0. The number of benzene rings is 1. The summed E-state index contributed by atoms with van der Waals surface area (Å²) in [4.78, 5) is 0. The molecule has 0 atom stereocenters. The molecule has 0 fully saturated rings. The zero-order chi connectivity index (χ0) is 19.8. The van der Waals surface area contributed by atoms with E-state index in [1.54, 1.807) is 3.59 Å². The summed E-state index contributed by atoms with van der Waals surface area (Å²) in [6, 6.07) is 11.3. The molecule has 1 aromatic carbocycles. The predicted octanol–water partition coefficient (Wildman–Crippen LogP) is 8.65. The molecule has 0 nitrogen and oxygen atoms in total. The van der Waals surface area contributed by atoms with Gasteiger partial charge in [0.25, 0.3) is 0 Å². The predicted molar refractivity (Wildman–Crippen MR) is 127 cm³/mol. The van der Waals surface area contributed by atoms with Gasteiger partial charge in [-0.05, 0) is 0 Å². The van der Waals surface area contributed by atoms with Gasteiger partial charge >= 0.3 is 175 Å². The molecule has 0 spiro atoms. The van der Waals surface area contributed by atoms with E-state index < -0.39 is 18.4 Å². The zero-order valence-corrected chi connectivity index (χ0v) is 21.3. The minimum atomic E-state index is -2.47. The van der Waals surface area contributed by atoms with Gasteiger partial charge in [0.05, 0.1) is 0 Å². The molecule has 1 rings (SSSR count). The van der Waals surface area contributed by atoms with Gasteiger partial charge in [0.15, 0.2) is 0 Å². The number of hydrogen-bond donors (Lipinski definition) is 0. The quantitative estimate of drug-likeness (QED) is 0.153. The standard InChI is InChI=1S/C14H15.3C4H9.Sn/c1-2-3-4-5-6-8-11-14-12-9-7-10-13-14;3*1-3-4-2;/h7-10,12-13H,2-4H2,1H3;3*1,3-4H2,2H3;. The van der Waals surface area contributed by atoms with Crippen molar-refractivity contribution in [1.82, 2.24) is 0 Å². The Balaban J connectivity index is 3.34. The molecule has 150 valence electrons. The van der Waals surface area contributed by atoms with Crippen LogP contribution in [0.5, 0.6) is 0 Å². The molecule has 0 aliphatic rings. The van der Waals surface area contributed by atoms with Crippen molar-refractivity contribution in [2.24, 2.45) is 0 Å². The van der Waals surface area contributed by atoms with Gasteiger partial charge in [-0.3, -0.25) is 0 Å². The molecule has 0 amide bonds. The second kappa shape index (κ2) is 15.3. The van der Waals surface area contributed by atoms with Crippen molar-refractivity contribution in [2.45, 2.75) is 98.8 Å². The summed E-state index contributed by atoms with van der Waals surface area (Å²) in [5.74, 6) is 6.93. The summed E-state index contributed by atoms with van der Waals surface area (Å²) >= 11 is -2.47. The molecule has 0 radical (unpaired) electrons. The molecule has 0 aliphatic carbocycles. The third-order valence-corrected chi connectivity index (χ3v) is 21.4. The van der Waals surface area contributed by atoms with E-state index in [4.69, 9.17) is 0 Å². The van der Waals surface area contributed by atoms with E-state index in [9.17, 15) is 0 Å². The van der Waals surface area contributed by atoms with Crippen molar-refractivity contribution in [3.63, 3.8) is 0 Å². The fourth-order valence-corrected chi connectivity index (χ4v) is 20.5. The Morgan fingerprint density at radius 2 is 1.30 bits per heavy atom. The van der Waals surface area contributed by atoms with Crippen molar-refractivity contribution in [3.8, 4) is 11.8 Å². The van der Waals surface area contributed by atoms with E-state index in [2.05, 4.69) is 75.9 Å². The van der Waals surface area contributed by atoms with Gasteiger partial charge in [0.2, 0.25) is 0 Å². The number of rotatable bonds is 13. The molecule has 0 aliphatic heterocycles. The van der Waals surface area contributed by atoms with Crippen LogP contribution >= 0.6 is 0 Å². The van der Waals surface area contributed by atoms with Crippen LogP contribution in [0, 0.1) is 11.8 Å². The number of allylic oxidation sites excluding steroid dienone is 1. The van der Waals surface area contributed by atoms with E-state index in [1.165, 1.54) is 70.2 Å². The normalized spacial score (nSPS) is 11.9. The first kappa shape index (κ1) is 24.4. The van der Waals surface area contributed by atoms with Crippen molar-refractivity contribution < 1.29 is 0 Å². The Labute approximate surface area is 174 Å². The van der Waals surface area contributed by atoms with E-state index in [-0.39, 0.29) is 0 Å². The number of hydrogen-bond acceptors (Lipinski definition) is 0. The van der Waals surface area contributed by atoms with Crippen LogP contribution in [0.15, 0.2) is 36.4 Å². The average Bonchev–Trinajstić information content (AvgIpc) is 2.71. The zero-order valence-electron chi connectivity index (χ0n) is 18.4. The Hall–Kier alpha value is -0.681. The Bertz CT molecular complexity index is 551. The third kappa shape index (κ3) is 8.91. The molecule has 27 heavy (non-hydrogen) atoms. The van der Waals surface area contributed by atoms with Crippen molar-refractivity contribution >= 4 is 22.0 Å². The summed E-state index contributed by atoms with van der Waals surface area (Å²) in [6.07, 6.45) is 14.0. The minimum absolute atomic E-state index is 1.04. The van der Waals surface area contributed by atoms with E-state index in [0.29, 0.717) is 0 Å². The Kier molecular flexibility index (Phi) is 13.8. The van der Waals surface area contributed by atoms with Gasteiger partial charge in [-0.25, -0.2) is 0 Å². The third-order valence-electron chi connectivity index (χ3n) is 5.66. The monoisotopic (exact) mass is 474 g/mol. The maximum absolute atomic E-state index is 3.49. The topological polar surface area (TPSA) is 0 Å². The summed E-state index contributed by atoms with van der Waals surface area (Å²) in [6.45, 7) is 9.31. The Morgan fingerprint density at radius 1 is 0.778 bits per heavy atom. The summed E-state index contributed by atoms with van der Waals surface area (Å²) in [7, 11) is 0. The SMILES string of the molecule is CCCCC#C/C=[C](/c1ccccc1)[Sn]([CH2]CCC)([CH2]CCC)[CH2]CCC.